The molecule has 0 saturated heterocycles. The van der Waals surface area contributed by atoms with Gasteiger partial charge in [0.25, 0.3) is 0 Å². The van der Waals surface area contributed by atoms with Crippen molar-refractivity contribution >= 4 is 5.69 Å². The van der Waals surface area contributed by atoms with Gasteiger partial charge in [-0.15, -0.1) is 0 Å². The van der Waals surface area contributed by atoms with Crippen molar-refractivity contribution < 1.29 is 10.2 Å². The van der Waals surface area contributed by atoms with Crippen LogP contribution >= 0.6 is 0 Å². The summed E-state index contributed by atoms with van der Waals surface area (Å²) in [6, 6.07) is 4.02. The molecule has 0 aromatic heterocycles. The number of aliphatic hydroxyl groups is 2. The lowest BCUT2D eigenvalue weighted by molar-refractivity contribution is 0.229. The molecule has 90 valence electrons. The summed E-state index contributed by atoms with van der Waals surface area (Å²) in [5, 5.41) is 21.3. The van der Waals surface area contributed by atoms with Crippen LogP contribution in [-0.2, 0) is 0 Å². The van der Waals surface area contributed by atoms with Crippen molar-refractivity contribution in [1.29, 1.82) is 0 Å². The van der Waals surface area contributed by atoms with Gasteiger partial charge in [0.05, 0.1) is 12.6 Å². The Balaban J connectivity index is 2.84. The van der Waals surface area contributed by atoms with Gasteiger partial charge in [0.1, 0.15) is 0 Å². The first kappa shape index (κ1) is 13.0. The molecule has 0 aliphatic heterocycles. The van der Waals surface area contributed by atoms with Crippen LogP contribution < -0.4 is 5.32 Å². The molecule has 1 unspecified atom stereocenters. The Morgan fingerprint density at radius 1 is 1.12 bits per heavy atom. The summed E-state index contributed by atoms with van der Waals surface area (Å²) in [5.41, 5.74) is 4.78. The van der Waals surface area contributed by atoms with Crippen LogP contribution in [0.4, 0.5) is 5.69 Å². The van der Waals surface area contributed by atoms with E-state index in [9.17, 15) is 0 Å². The Hall–Kier alpha value is -1.06. The Kier molecular flexibility index (Phi) is 4.77. The molecule has 0 aliphatic rings. The van der Waals surface area contributed by atoms with Crippen molar-refractivity contribution in [2.75, 3.05) is 18.5 Å². The van der Waals surface area contributed by atoms with Gasteiger partial charge >= 0.3 is 0 Å². The van der Waals surface area contributed by atoms with Crippen LogP contribution in [0.5, 0.6) is 0 Å². The molecule has 1 aromatic carbocycles. The van der Waals surface area contributed by atoms with E-state index in [0.717, 1.165) is 5.69 Å². The van der Waals surface area contributed by atoms with Gasteiger partial charge in [0, 0.05) is 12.3 Å². The molecule has 0 bridgehead atoms. The van der Waals surface area contributed by atoms with Gasteiger partial charge in [-0.2, -0.15) is 0 Å². The van der Waals surface area contributed by atoms with E-state index < -0.39 is 0 Å². The molecule has 16 heavy (non-hydrogen) atoms. The quantitative estimate of drug-likeness (QED) is 0.713. The third kappa shape index (κ3) is 2.97. The summed E-state index contributed by atoms with van der Waals surface area (Å²) in [6.45, 7) is 6.37. The SMILES string of the molecule is Cc1ccc(NC(CO)CCO)c(C)c1C. The fourth-order valence-electron chi connectivity index (χ4n) is 1.70. The highest BCUT2D eigenvalue weighted by Crippen LogP contribution is 2.22. The first-order valence-electron chi connectivity index (χ1n) is 5.65. The maximum absolute atomic E-state index is 9.16. The number of rotatable bonds is 5. The van der Waals surface area contributed by atoms with Crippen molar-refractivity contribution in [2.45, 2.75) is 33.2 Å². The number of aryl methyl sites for hydroxylation is 1. The second kappa shape index (κ2) is 5.87. The summed E-state index contributed by atoms with van der Waals surface area (Å²) in [7, 11) is 0. The number of hydrogen-bond donors (Lipinski definition) is 3. The molecule has 0 aliphatic carbocycles. The fourth-order valence-corrected chi connectivity index (χ4v) is 1.70. The van der Waals surface area contributed by atoms with Crippen molar-refractivity contribution in [3.05, 3.63) is 28.8 Å². The third-order valence-electron chi connectivity index (χ3n) is 3.12. The Morgan fingerprint density at radius 2 is 1.81 bits per heavy atom. The minimum Gasteiger partial charge on any atom is -0.396 e. The van der Waals surface area contributed by atoms with E-state index in [-0.39, 0.29) is 19.3 Å². The molecule has 3 nitrogen and oxygen atoms in total. The second-order valence-corrected chi connectivity index (χ2v) is 4.22. The molecule has 0 radical (unpaired) electrons. The van der Waals surface area contributed by atoms with Crippen molar-refractivity contribution in [2.24, 2.45) is 0 Å². The highest BCUT2D eigenvalue weighted by Gasteiger charge is 2.09. The maximum atomic E-state index is 9.16. The Bertz CT molecular complexity index is 350. The number of anilines is 1. The summed E-state index contributed by atoms with van der Waals surface area (Å²) in [6.07, 6.45) is 0.558. The van der Waals surface area contributed by atoms with E-state index in [4.69, 9.17) is 10.2 Å². The first-order chi connectivity index (χ1) is 7.60. The van der Waals surface area contributed by atoms with E-state index in [2.05, 4.69) is 32.2 Å². The standard InChI is InChI=1S/C13H21NO2/c1-9-4-5-13(11(3)10(9)2)14-12(8-16)6-7-15/h4-5,12,14-16H,6-8H2,1-3H3. The molecule has 3 N–H and O–H groups in total. The minimum atomic E-state index is -0.0780. The lowest BCUT2D eigenvalue weighted by atomic mass is 10.0. The van der Waals surface area contributed by atoms with E-state index in [0.29, 0.717) is 6.42 Å². The monoisotopic (exact) mass is 223 g/mol. The van der Waals surface area contributed by atoms with Gasteiger partial charge in [-0.3, -0.25) is 0 Å². The maximum Gasteiger partial charge on any atom is 0.0633 e. The van der Waals surface area contributed by atoms with Crippen molar-refractivity contribution in [1.82, 2.24) is 0 Å². The van der Waals surface area contributed by atoms with E-state index >= 15 is 0 Å². The number of benzene rings is 1. The van der Waals surface area contributed by atoms with E-state index in [1.54, 1.807) is 0 Å². The van der Waals surface area contributed by atoms with Gasteiger partial charge < -0.3 is 15.5 Å². The van der Waals surface area contributed by atoms with Crippen LogP contribution in [0.25, 0.3) is 0 Å². The van der Waals surface area contributed by atoms with E-state index in [1.807, 2.05) is 6.07 Å². The molecular formula is C13H21NO2. The summed E-state index contributed by atoms with van der Waals surface area (Å²) < 4.78 is 0. The number of aliphatic hydroxyl groups excluding tert-OH is 2. The van der Waals surface area contributed by atoms with Crippen molar-refractivity contribution in [3.63, 3.8) is 0 Å². The minimum absolute atomic E-state index is 0.0346. The molecule has 0 amide bonds. The Morgan fingerprint density at radius 3 is 2.38 bits per heavy atom. The molecule has 0 fully saturated rings. The van der Waals surface area contributed by atoms with Crippen LogP contribution in [0.1, 0.15) is 23.1 Å². The van der Waals surface area contributed by atoms with Crippen LogP contribution in [0.2, 0.25) is 0 Å². The van der Waals surface area contributed by atoms with Gasteiger partial charge in [-0.1, -0.05) is 6.07 Å². The predicted molar refractivity (Wildman–Crippen MR) is 66.9 cm³/mol. The topological polar surface area (TPSA) is 52.5 Å². The molecular weight excluding hydrogens is 202 g/mol. The predicted octanol–water partition coefficient (Wildman–Crippen LogP) is 1.77. The molecule has 3 heteroatoms. The third-order valence-corrected chi connectivity index (χ3v) is 3.12. The number of hydrogen-bond acceptors (Lipinski definition) is 3. The van der Waals surface area contributed by atoms with Gasteiger partial charge in [-0.05, 0) is 49.9 Å². The highest BCUT2D eigenvalue weighted by atomic mass is 16.3. The van der Waals surface area contributed by atoms with Gasteiger partial charge in [-0.25, -0.2) is 0 Å². The summed E-state index contributed by atoms with van der Waals surface area (Å²) in [4.78, 5) is 0. The lowest BCUT2D eigenvalue weighted by Crippen LogP contribution is -2.25. The largest absolute Gasteiger partial charge is 0.396 e. The van der Waals surface area contributed by atoms with Crippen LogP contribution in [0.15, 0.2) is 12.1 Å². The number of nitrogens with one attached hydrogen (secondary N) is 1. The second-order valence-electron chi connectivity index (χ2n) is 4.22. The van der Waals surface area contributed by atoms with Crippen LogP contribution in [-0.4, -0.2) is 29.5 Å². The smallest absolute Gasteiger partial charge is 0.0633 e. The zero-order valence-corrected chi connectivity index (χ0v) is 10.2. The molecule has 1 aromatic rings. The average Bonchev–Trinajstić information content (AvgIpc) is 2.29. The lowest BCUT2D eigenvalue weighted by Gasteiger charge is -2.19. The van der Waals surface area contributed by atoms with E-state index in [1.165, 1.54) is 16.7 Å². The van der Waals surface area contributed by atoms with Gasteiger partial charge in [0.2, 0.25) is 0 Å². The molecule has 0 spiro atoms. The first-order valence-corrected chi connectivity index (χ1v) is 5.65. The Labute approximate surface area is 97.1 Å². The summed E-state index contributed by atoms with van der Waals surface area (Å²) in [5.74, 6) is 0. The normalized spacial score (nSPS) is 12.6. The molecule has 0 heterocycles. The molecule has 1 atom stereocenters. The highest BCUT2D eigenvalue weighted by molar-refractivity contribution is 5.56. The zero-order valence-electron chi connectivity index (χ0n) is 10.2. The van der Waals surface area contributed by atoms with Crippen LogP contribution in [0.3, 0.4) is 0 Å². The van der Waals surface area contributed by atoms with Crippen LogP contribution in [0, 0.1) is 20.8 Å². The zero-order chi connectivity index (χ0) is 12.1. The van der Waals surface area contributed by atoms with Crippen molar-refractivity contribution in [3.8, 4) is 0 Å². The summed E-state index contributed by atoms with van der Waals surface area (Å²) >= 11 is 0. The molecule has 0 saturated carbocycles. The average molecular weight is 223 g/mol. The molecule has 1 rings (SSSR count). The van der Waals surface area contributed by atoms with Gasteiger partial charge in [0.15, 0.2) is 0 Å². The fraction of sp³-hybridized carbons (Fsp3) is 0.538.